The molecule has 0 fully saturated rings. The van der Waals surface area contributed by atoms with E-state index in [0.717, 1.165) is 5.56 Å². The fourth-order valence-corrected chi connectivity index (χ4v) is 1.15. The quantitative estimate of drug-likeness (QED) is 0.543. The Hall–Kier alpha value is -1.71. The number of benzene rings is 1. The maximum atomic E-state index is 10.7. The first-order valence-electron chi connectivity index (χ1n) is 4.32. The predicted molar refractivity (Wildman–Crippen MR) is 52.1 cm³/mol. The molecule has 14 heavy (non-hydrogen) atoms. The average Bonchev–Trinajstić information content (AvgIpc) is 2.15. The Morgan fingerprint density at radius 1 is 1.50 bits per heavy atom. The van der Waals surface area contributed by atoms with Crippen molar-refractivity contribution in [3.63, 3.8) is 0 Å². The van der Waals surface area contributed by atoms with Crippen molar-refractivity contribution in [2.45, 2.75) is 19.8 Å². The molecule has 1 rings (SSSR count). The molecule has 0 amide bonds. The van der Waals surface area contributed by atoms with Gasteiger partial charge in [-0.05, 0) is 18.9 Å². The van der Waals surface area contributed by atoms with E-state index in [4.69, 9.17) is 0 Å². The fraction of sp³-hybridized carbons (Fsp3) is 0.300. The van der Waals surface area contributed by atoms with Gasteiger partial charge >= 0.3 is 0 Å². The number of aryl methyl sites for hydroxylation is 1. The minimum atomic E-state index is -0.433. The van der Waals surface area contributed by atoms with Crippen LogP contribution in [0.5, 0.6) is 0 Å². The van der Waals surface area contributed by atoms with Gasteiger partial charge in [0.05, 0.1) is 4.92 Å². The third kappa shape index (κ3) is 2.97. The highest BCUT2D eigenvalue weighted by Gasteiger charge is 2.05. The Labute approximate surface area is 81.7 Å². The number of hydrogen-bond acceptors (Lipinski definition) is 3. The number of ketones is 1. The second-order valence-electron chi connectivity index (χ2n) is 3.13. The first-order valence-corrected chi connectivity index (χ1v) is 4.32. The van der Waals surface area contributed by atoms with Crippen molar-refractivity contribution in [2.75, 3.05) is 0 Å². The van der Waals surface area contributed by atoms with Crippen LogP contribution in [-0.4, -0.2) is 10.7 Å². The number of nitro benzene ring substituents is 1. The van der Waals surface area contributed by atoms with Gasteiger partial charge in [0.2, 0.25) is 0 Å². The molecule has 74 valence electrons. The lowest BCUT2D eigenvalue weighted by molar-refractivity contribution is -0.384. The number of hydrogen-bond donors (Lipinski definition) is 0. The summed E-state index contributed by atoms with van der Waals surface area (Å²) in [6.07, 6.45) is 0.998. The van der Waals surface area contributed by atoms with Crippen molar-refractivity contribution in [1.29, 1.82) is 0 Å². The monoisotopic (exact) mass is 193 g/mol. The van der Waals surface area contributed by atoms with Crippen LogP contribution in [-0.2, 0) is 11.2 Å². The second-order valence-corrected chi connectivity index (χ2v) is 3.13. The molecule has 1 aromatic carbocycles. The Morgan fingerprint density at radius 3 is 2.79 bits per heavy atom. The summed E-state index contributed by atoms with van der Waals surface area (Å²) in [6, 6.07) is 6.36. The van der Waals surface area contributed by atoms with Gasteiger partial charge in [-0.15, -0.1) is 0 Å². The molecule has 0 spiro atoms. The van der Waals surface area contributed by atoms with E-state index in [1.165, 1.54) is 19.1 Å². The summed E-state index contributed by atoms with van der Waals surface area (Å²) >= 11 is 0. The molecule has 4 heteroatoms. The van der Waals surface area contributed by atoms with Gasteiger partial charge < -0.3 is 4.79 Å². The van der Waals surface area contributed by atoms with E-state index in [2.05, 4.69) is 0 Å². The van der Waals surface area contributed by atoms with Gasteiger partial charge in [-0.25, -0.2) is 0 Å². The van der Waals surface area contributed by atoms with Gasteiger partial charge in [-0.3, -0.25) is 10.1 Å². The molecule has 0 heterocycles. The number of non-ortho nitro benzene ring substituents is 1. The highest BCUT2D eigenvalue weighted by molar-refractivity contribution is 5.75. The first kappa shape index (κ1) is 10.4. The number of nitrogens with zero attached hydrogens (tertiary/aromatic N) is 1. The summed E-state index contributed by atoms with van der Waals surface area (Å²) in [5.74, 6) is 0.0940. The lowest BCUT2D eigenvalue weighted by Gasteiger charge is -1.98. The van der Waals surface area contributed by atoms with Gasteiger partial charge in [-0.2, -0.15) is 0 Å². The van der Waals surface area contributed by atoms with Gasteiger partial charge in [0.1, 0.15) is 5.78 Å². The Morgan fingerprint density at radius 2 is 2.21 bits per heavy atom. The van der Waals surface area contributed by atoms with Crippen LogP contribution in [0.15, 0.2) is 24.3 Å². The molecule has 0 saturated heterocycles. The summed E-state index contributed by atoms with van der Waals surface area (Å²) in [6.45, 7) is 1.51. The molecule has 0 N–H and O–H groups in total. The molecular formula is C10H11NO3. The number of Topliss-reactive ketones (excluding diaryl/α,β-unsaturated/α-hetero) is 1. The molecule has 0 unspecified atom stereocenters. The molecular weight excluding hydrogens is 182 g/mol. The minimum absolute atomic E-state index is 0.0750. The topological polar surface area (TPSA) is 60.2 Å². The zero-order chi connectivity index (χ0) is 10.6. The summed E-state index contributed by atoms with van der Waals surface area (Å²) in [7, 11) is 0. The van der Waals surface area contributed by atoms with Gasteiger partial charge in [0, 0.05) is 18.6 Å². The zero-order valence-electron chi connectivity index (χ0n) is 7.90. The predicted octanol–water partition coefficient (Wildman–Crippen LogP) is 2.12. The Bertz CT molecular complexity index is 360. The van der Waals surface area contributed by atoms with Crippen LogP contribution in [0.2, 0.25) is 0 Å². The number of nitro groups is 1. The summed E-state index contributed by atoms with van der Waals surface area (Å²) in [4.78, 5) is 20.7. The van der Waals surface area contributed by atoms with Gasteiger partial charge in [0.15, 0.2) is 0 Å². The van der Waals surface area contributed by atoms with Crippen molar-refractivity contribution in [1.82, 2.24) is 0 Å². The Balaban J connectivity index is 2.73. The highest BCUT2D eigenvalue weighted by Crippen LogP contribution is 2.14. The molecule has 1 aromatic rings. The van der Waals surface area contributed by atoms with Gasteiger partial charge in [-0.1, -0.05) is 12.1 Å². The fourth-order valence-electron chi connectivity index (χ4n) is 1.15. The molecule has 4 nitrogen and oxygen atoms in total. The second kappa shape index (κ2) is 4.50. The zero-order valence-corrected chi connectivity index (χ0v) is 7.90. The molecule has 0 bridgehead atoms. The number of carbonyl (C=O) groups is 1. The van der Waals surface area contributed by atoms with Crippen LogP contribution in [0.3, 0.4) is 0 Å². The van der Waals surface area contributed by atoms with E-state index in [1.807, 2.05) is 0 Å². The highest BCUT2D eigenvalue weighted by atomic mass is 16.6. The van der Waals surface area contributed by atoms with Crippen molar-refractivity contribution >= 4 is 11.5 Å². The molecule has 0 radical (unpaired) electrons. The smallest absolute Gasteiger partial charge is 0.269 e. The summed E-state index contributed by atoms with van der Waals surface area (Å²) < 4.78 is 0. The van der Waals surface area contributed by atoms with E-state index in [0.29, 0.717) is 12.8 Å². The van der Waals surface area contributed by atoms with Crippen molar-refractivity contribution < 1.29 is 9.72 Å². The molecule has 0 aliphatic rings. The van der Waals surface area contributed by atoms with E-state index in [1.54, 1.807) is 12.1 Å². The molecule has 0 aliphatic heterocycles. The standard InChI is InChI=1S/C10H11NO3/c1-8(12)5-6-9-3-2-4-10(7-9)11(13)14/h2-4,7H,5-6H2,1H3. The SMILES string of the molecule is CC(=O)CCc1cccc([N+](=O)[O-])c1. The van der Waals surface area contributed by atoms with E-state index in [-0.39, 0.29) is 11.5 Å². The average molecular weight is 193 g/mol. The van der Waals surface area contributed by atoms with Gasteiger partial charge in [0.25, 0.3) is 5.69 Å². The normalized spacial score (nSPS) is 9.79. The number of carbonyl (C=O) groups excluding carboxylic acids is 1. The van der Waals surface area contributed by atoms with Crippen LogP contribution in [0.1, 0.15) is 18.9 Å². The molecule has 0 aliphatic carbocycles. The lowest BCUT2D eigenvalue weighted by Crippen LogP contribution is -1.95. The lowest BCUT2D eigenvalue weighted by atomic mass is 10.1. The molecule has 0 atom stereocenters. The van der Waals surface area contributed by atoms with E-state index >= 15 is 0 Å². The van der Waals surface area contributed by atoms with Crippen LogP contribution in [0, 0.1) is 10.1 Å². The first-order chi connectivity index (χ1) is 6.59. The maximum Gasteiger partial charge on any atom is 0.269 e. The number of rotatable bonds is 4. The van der Waals surface area contributed by atoms with Crippen LogP contribution < -0.4 is 0 Å². The van der Waals surface area contributed by atoms with E-state index in [9.17, 15) is 14.9 Å². The minimum Gasteiger partial charge on any atom is -0.300 e. The van der Waals surface area contributed by atoms with Crippen LogP contribution in [0.4, 0.5) is 5.69 Å². The third-order valence-electron chi connectivity index (χ3n) is 1.89. The Kier molecular flexibility index (Phi) is 3.34. The van der Waals surface area contributed by atoms with E-state index < -0.39 is 4.92 Å². The molecule has 0 saturated carbocycles. The van der Waals surface area contributed by atoms with Crippen molar-refractivity contribution in [2.24, 2.45) is 0 Å². The summed E-state index contributed by atoms with van der Waals surface area (Å²) in [5, 5.41) is 10.4. The largest absolute Gasteiger partial charge is 0.300 e. The van der Waals surface area contributed by atoms with Crippen molar-refractivity contribution in [3.05, 3.63) is 39.9 Å². The molecule has 0 aromatic heterocycles. The third-order valence-corrected chi connectivity index (χ3v) is 1.89. The summed E-state index contributed by atoms with van der Waals surface area (Å²) in [5.41, 5.74) is 0.903. The van der Waals surface area contributed by atoms with Crippen LogP contribution in [0.25, 0.3) is 0 Å². The maximum absolute atomic E-state index is 10.7. The van der Waals surface area contributed by atoms with Crippen molar-refractivity contribution in [3.8, 4) is 0 Å². The van der Waals surface area contributed by atoms with Crippen LogP contribution >= 0.6 is 0 Å².